The fourth-order valence-corrected chi connectivity index (χ4v) is 3.13. The van der Waals surface area contributed by atoms with Crippen molar-refractivity contribution in [2.24, 2.45) is 5.92 Å². The van der Waals surface area contributed by atoms with Gasteiger partial charge in [-0.3, -0.25) is 0 Å². The van der Waals surface area contributed by atoms with Crippen LogP contribution in [0, 0.1) is 5.92 Å². The monoisotopic (exact) mass is 272 g/mol. The molecule has 0 amide bonds. The largest absolute Gasteiger partial charge is 0.126 e. The first-order chi connectivity index (χ1) is 6.76. The first-order valence-corrected chi connectivity index (χ1v) is 6.92. The minimum absolute atomic E-state index is 0.860. The number of rotatable bonds is 5. The molecule has 2 heteroatoms. The van der Waals surface area contributed by atoms with Crippen molar-refractivity contribution in [3.8, 4) is 0 Å². The van der Waals surface area contributed by atoms with Gasteiger partial charge in [0.1, 0.15) is 0 Å². The molecule has 0 saturated heterocycles. The summed E-state index contributed by atoms with van der Waals surface area (Å²) in [6, 6.07) is 8.53. The minimum Gasteiger partial charge on any atom is -0.126 e. The maximum absolute atomic E-state index is 3.49. The zero-order chi connectivity index (χ0) is 10.4. The van der Waals surface area contributed by atoms with E-state index in [1.807, 2.05) is 11.8 Å². The van der Waals surface area contributed by atoms with Gasteiger partial charge in [0.2, 0.25) is 0 Å². The van der Waals surface area contributed by atoms with Crippen LogP contribution >= 0.6 is 27.7 Å². The normalized spacial score (nSPS) is 10.9. The lowest BCUT2D eigenvalue weighted by Crippen LogP contribution is -1.99. The molecule has 78 valence electrons. The lowest BCUT2D eigenvalue weighted by Gasteiger charge is -2.11. The van der Waals surface area contributed by atoms with Gasteiger partial charge in [-0.15, -0.1) is 11.8 Å². The van der Waals surface area contributed by atoms with E-state index in [0.717, 1.165) is 5.92 Å². The smallest absolute Gasteiger partial charge is 0.0186 e. The van der Waals surface area contributed by atoms with Gasteiger partial charge in [0.05, 0.1) is 0 Å². The fraction of sp³-hybridized carbons (Fsp3) is 0.500. The molecule has 0 unspecified atom stereocenters. The number of benzene rings is 1. The first-order valence-electron chi connectivity index (χ1n) is 5.14. The maximum Gasteiger partial charge on any atom is 0.0186 e. The van der Waals surface area contributed by atoms with Crippen LogP contribution in [0.2, 0.25) is 0 Å². The summed E-state index contributed by atoms with van der Waals surface area (Å²) in [7, 11) is 0. The van der Waals surface area contributed by atoms with E-state index in [1.165, 1.54) is 28.0 Å². The minimum atomic E-state index is 0.860. The molecule has 0 fully saturated rings. The number of hydrogen-bond acceptors (Lipinski definition) is 1. The van der Waals surface area contributed by atoms with Gasteiger partial charge in [-0.05, 0) is 24.1 Å². The molecule has 0 aliphatic carbocycles. The third-order valence-electron chi connectivity index (χ3n) is 2.44. The molecule has 0 nitrogen and oxygen atoms in total. The number of thioether (sulfide) groups is 1. The number of hydrogen-bond donors (Lipinski definition) is 0. The molecule has 1 rings (SSSR count). The van der Waals surface area contributed by atoms with Gasteiger partial charge < -0.3 is 0 Å². The molecule has 0 heterocycles. The Balaban J connectivity index is 2.44. The molecule has 1 aromatic carbocycles. The van der Waals surface area contributed by atoms with Gasteiger partial charge in [-0.1, -0.05) is 48.7 Å². The van der Waals surface area contributed by atoms with Crippen LogP contribution in [0.4, 0.5) is 0 Å². The Hall–Kier alpha value is 0.0500. The zero-order valence-electron chi connectivity index (χ0n) is 8.79. The summed E-state index contributed by atoms with van der Waals surface area (Å²) >= 11 is 5.45. The molecule has 14 heavy (non-hydrogen) atoms. The Morgan fingerprint density at radius 3 is 2.57 bits per heavy atom. The van der Waals surface area contributed by atoms with Crippen molar-refractivity contribution in [2.45, 2.75) is 31.6 Å². The van der Waals surface area contributed by atoms with E-state index < -0.39 is 0 Å². The highest BCUT2D eigenvalue weighted by Gasteiger charge is 2.04. The molecule has 0 aliphatic rings. The molecule has 0 aromatic heterocycles. The molecule has 0 radical (unpaired) electrons. The highest BCUT2D eigenvalue weighted by molar-refractivity contribution is 9.10. The Kier molecular flexibility index (Phi) is 5.64. The molecule has 0 saturated carbocycles. The SMILES string of the molecule is CCC(CC)CSc1cccc(Br)c1. The van der Waals surface area contributed by atoms with Crippen molar-refractivity contribution in [1.29, 1.82) is 0 Å². The summed E-state index contributed by atoms with van der Waals surface area (Å²) in [5.41, 5.74) is 0. The second-order valence-corrected chi connectivity index (χ2v) is 5.46. The Labute approximate surface area is 99.6 Å². The lowest BCUT2D eigenvalue weighted by atomic mass is 10.1. The van der Waals surface area contributed by atoms with Gasteiger partial charge in [-0.2, -0.15) is 0 Å². The van der Waals surface area contributed by atoms with Crippen LogP contribution in [-0.4, -0.2) is 5.75 Å². The molecule has 1 aromatic rings. The standard InChI is InChI=1S/C12H17BrS/c1-3-10(4-2)9-14-12-7-5-6-11(13)8-12/h5-8,10H,3-4,9H2,1-2H3. The van der Waals surface area contributed by atoms with Crippen LogP contribution in [0.25, 0.3) is 0 Å². The Morgan fingerprint density at radius 1 is 1.29 bits per heavy atom. The third-order valence-corrected chi connectivity index (χ3v) is 4.16. The van der Waals surface area contributed by atoms with Crippen molar-refractivity contribution in [2.75, 3.05) is 5.75 Å². The second kappa shape index (κ2) is 6.52. The van der Waals surface area contributed by atoms with Crippen LogP contribution < -0.4 is 0 Å². The summed E-state index contributed by atoms with van der Waals surface area (Å²) in [6.45, 7) is 4.55. The topological polar surface area (TPSA) is 0 Å². The zero-order valence-corrected chi connectivity index (χ0v) is 11.2. The molecule has 0 N–H and O–H groups in total. The van der Waals surface area contributed by atoms with Crippen LogP contribution in [0.3, 0.4) is 0 Å². The highest BCUT2D eigenvalue weighted by atomic mass is 79.9. The van der Waals surface area contributed by atoms with Crippen LogP contribution in [0.5, 0.6) is 0 Å². The summed E-state index contributed by atoms with van der Waals surface area (Å²) in [5.74, 6) is 2.10. The number of halogens is 1. The van der Waals surface area contributed by atoms with Crippen molar-refractivity contribution in [3.63, 3.8) is 0 Å². The second-order valence-electron chi connectivity index (χ2n) is 3.45. The molecular formula is C12H17BrS. The molecule has 0 atom stereocenters. The predicted molar refractivity (Wildman–Crippen MR) is 68.9 cm³/mol. The van der Waals surface area contributed by atoms with Crippen LogP contribution in [0.1, 0.15) is 26.7 Å². The van der Waals surface area contributed by atoms with Crippen molar-refractivity contribution in [3.05, 3.63) is 28.7 Å². The van der Waals surface area contributed by atoms with E-state index in [0.29, 0.717) is 0 Å². The molecule has 0 bridgehead atoms. The first kappa shape index (κ1) is 12.1. The predicted octanol–water partition coefficient (Wildman–Crippen LogP) is 4.98. The van der Waals surface area contributed by atoms with Gasteiger partial charge in [0, 0.05) is 15.1 Å². The molecule has 0 spiro atoms. The highest BCUT2D eigenvalue weighted by Crippen LogP contribution is 2.25. The van der Waals surface area contributed by atoms with Gasteiger partial charge >= 0.3 is 0 Å². The molecule has 0 aliphatic heterocycles. The van der Waals surface area contributed by atoms with Crippen molar-refractivity contribution in [1.82, 2.24) is 0 Å². The maximum atomic E-state index is 3.49. The Bertz CT molecular complexity index is 269. The summed E-state index contributed by atoms with van der Waals surface area (Å²) in [4.78, 5) is 1.37. The summed E-state index contributed by atoms with van der Waals surface area (Å²) in [6.07, 6.45) is 2.58. The Morgan fingerprint density at radius 2 is 2.00 bits per heavy atom. The van der Waals surface area contributed by atoms with Crippen LogP contribution in [-0.2, 0) is 0 Å². The van der Waals surface area contributed by atoms with Crippen molar-refractivity contribution < 1.29 is 0 Å². The average Bonchev–Trinajstić information content (AvgIpc) is 2.19. The van der Waals surface area contributed by atoms with Crippen LogP contribution in [0.15, 0.2) is 33.6 Å². The van der Waals surface area contributed by atoms with E-state index in [4.69, 9.17) is 0 Å². The van der Waals surface area contributed by atoms with E-state index in [2.05, 4.69) is 54.0 Å². The quantitative estimate of drug-likeness (QED) is 0.682. The summed E-state index contributed by atoms with van der Waals surface area (Å²) in [5, 5.41) is 0. The van der Waals surface area contributed by atoms with Gasteiger partial charge in [0.25, 0.3) is 0 Å². The van der Waals surface area contributed by atoms with E-state index >= 15 is 0 Å². The van der Waals surface area contributed by atoms with E-state index in [9.17, 15) is 0 Å². The van der Waals surface area contributed by atoms with Gasteiger partial charge in [0.15, 0.2) is 0 Å². The molecular weight excluding hydrogens is 256 g/mol. The third kappa shape index (κ3) is 4.05. The lowest BCUT2D eigenvalue weighted by molar-refractivity contribution is 0.554. The van der Waals surface area contributed by atoms with Crippen molar-refractivity contribution >= 4 is 27.7 Å². The van der Waals surface area contributed by atoms with E-state index in [-0.39, 0.29) is 0 Å². The summed E-state index contributed by atoms with van der Waals surface area (Å²) < 4.78 is 1.17. The average molecular weight is 273 g/mol. The van der Waals surface area contributed by atoms with E-state index in [1.54, 1.807) is 0 Å². The fourth-order valence-electron chi connectivity index (χ4n) is 1.30. The van der Waals surface area contributed by atoms with Gasteiger partial charge in [-0.25, -0.2) is 0 Å².